The number of nitrogens with one attached hydrogen (secondary N) is 3. The molecule has 1 saturated carbocycles. The number of hydrogen-bond acceptors (Lipinski definition) is 10. The number of amides is 3. The predicted molar refractivity (Wildman–Crippen MR) is 194 cm³/mol. The van der Waals surface area contributed by atoms with Crippen molar-refractivity contribution >= 4 is 50.9 Å². The molecule has 3 aromatic rings. The number of anilines is 2. The molecule has 0 radical (unpaired) electrons. The van der Waals surface area contributed by atoms with E-state index in [9.17, 15) is 36.8 Å². The molecular formula is C36H39ClF3N7O7S. The van der Waals surface area contributed by atoms with E-state index in [1.54, 1.807) is 13.1 Å². The van der Waals surface area contributed by atoms with Crippen molar-refractivity contribution in [3.8, 4) is 6.07 Å². The predicted octanol–water partition coefficient (Wildman–Crippen LogP) is 3.46. The zero-order valence-corrected chi connectivity index (χ0v) is 31.2. The first-order valence-electron chi connectivity index (χ1n) is 17.3. The number of pyridine rings is 1. The van der Waals surface area contributed by atoms with Gasteiger partial charge >= 0.3 is 0 Å². The van der Waals surface area contributed by atoms with Crippen LogP contribution in [0.2, 0.25) is 5.02 Å². The van der Waals surface area contributed by atoms with Gasteiger partial charge in [-0.1, -0.05) is 29.8 Å². The highest BCUT2D eigenvalue weighted by Crippen LogP contribution is 2.40. The van der Waals surface area contributed by atoms with Gasteiger partial charge in [0, 0.05) is 60.9 Å². The Labute approximate surface area is 321 Å². The van der Waals surface area contributed by atoms with E-state index in [1.807, 2.05) is 6.07 Å². The zero-order valence-electron chi connectivity index (χ0n) is 29.6. The average Bonchev–Trinajstić information content (AvgIpc) is 3.53. The third-order valence-electron chi connectivity index (χ3n) is 8.85. The number of likely N-dealkylation sites (N-methyl/N-ethyl adjacent to an activating group) is 1. The van der Waals surface area contributed by atoms with Crippen LogP contribution < -0.4 is 25.2 Å². The van der Waals surface area contributed by atoms with Crippen LogP contribution in [0.1, 0.15) is 42.9 Å². The Balaban J connectivity index is 1.54. The molecule has 1 aliphatic heterocycles. The molecule has 3 N–H and O–H groups in total. The number of nitriles is 1. The first-order chi connectivity index (χ1) is 26.2. The number of aromatic nitrogens is 1. The molecule has 0 bridgehead atoms. The summed E-state index contributed by atoms with van der Waals surface area (Å²) in [6, 6.07) is 8.88. The number of hydrogen-bond donors (Lipinski definition) is 3. The molecule has 2 aliphatic rings. The highest BCUT2D eigenvalue weighted by molar-refractivity contribution is 7.89. The van der Waals surface area contributed by atoms with Crippen molar-refractivity contribution in [1.82, 2.24) is 20.3 Å². The van der Waals surface area contributed by atoms with Gasteiger partial charge in [0.1, 0.15) is 23.7 Å². The number of carbonyl (C=O) groups excluding carboxylic acids is 3. The van der Waals surface area contributed by atoms with E-state index < -0.39 is 81.0 Å². The van der Waals surface area contributed by atoms with E-state index in [2.05, 4.69) is 20.3 Å². The number of nitrogens with zero attached hydrogens (tertiary/aromatic N) is 4. The Morgan fingerprint density at radius 2 is 1.80 bits per heavy atom. The van der Waals surface area contributed by atoms with Crippen LogP contribution in [0.5, 0.6) is 0 Å². The zero-order chi connectivity index (χ0) is 39.8. The third-order valence-corrected chi connectivity index (χ3v) is 10.6. The second-order valence-corrected chi connectivity index (χ2v) is 15.0. The lowest BCUT2D eigenvalue weighted by molar-refractivity contribution is -0.133. The number of sulfonamides is 1. The molecule has 1 saturated heterocycles. The van der Waals surface area contributed by atoms with Gasteiger partial charge in [0.15, 0.2) is 0 Å². The molecule has 3 amide bonds. The van der Waals surface area contributed by atoms with Gasteiger partial charge in [-0.25, -0.2) is 31.3 Å². The largest absolute Gasteiger partial charge is 0.378 e. The fourth-order valence-electron chi connectivity index (χ4n) is 6.20. The minimum absolute atomic E-state index is 0.000422. The molecule has 294 valence electrons. The number of ether oxygens (including phenoxy) is 2. The Hall–Kier alpha value is -4.64. The van der Waals surface area contributed by atoms with Crippen molar-refractivity contribution < 1.29 is 45.4 Å². The summed E-state index contributed by atoms with van der Waals surface area (Å²) in [6.45, 7) is 1.31. The highest BCUT2D eigenvalue weighted by atomic mass is 35.5. The minimum Gasteiger partial charge on any atom is -0.378 e. The molecule has 2 aromatic carbocycles. The van der Waals surface area contributed by atoms with Gasteiger partial charge < -0.3 is 20.1 Å². The second kappa shape index (κ2) is 18.3. The molecule has 1 aliphatic carbocycles. The van der Waals surface area contributed by atoms with Gasteiger partial charge in [0.2, 0.25) is 21.8 Å². The lowest BCUT2D eigenvalue weighted by Gasteiger charge is -2.39. The highest BCUT2D eigenvalue weighted by Gasteiger charge is 2.49. The second-order valence-electron chi connectivity index (χ2n) is 12.8. The number of alkyl halides is 2. The summed E-state index contributed by atoms with van der Waals surface area (Å²) >= 11 is 6.58. The molecule has 1 unspecified atom stereocenters. The van der Waals surface area contributed by atoms with Crippen LogP contribution in [-0.4, -0.2) is 95.7 Å². The summed E-state index contributed by atoms with van der Waals surface area (Å²) in [5, 5.41) is 14.9. The molecule has 14 nitrogen and oxygen atoms in total. The summed E-state index contributed by atoms with van der Waals surface area (Å²) in [4.78, 5) is 47.9. The van der Waals surface area contributed by atoms with Crippen LogP contribution in [0, 0.1) is 17.1 Å². The van der Waals surface area contributed by atoms with Gasteiger partial charge in [-0.3, -0.25) is 24.2 Å². The van der Waals surface area contributed by atoms with Crippen molar-refractivity contribution in [2.75, 3.05) is 56.4 Å². The summed E-state index contributed by atoms with van der Waals surface area (Å²) in [5.74, 6) is -6.66. The third kappa shape index (κ3) is 10.4. The molecule has 2 heterocycles. The lowest BCUT2D eigenvalue weighted by atomic mass is 9.87. The number of carbonyl (C=O) groups is 3. The Bertz CT molecular complexity index is 2030. The molecule has 19 heteroatoms. The van der Waals surface area contributed by atoms with Gasteiger partial charge in [-0.2, -0.15) is 5.26 Å². The summed E-state index contributed by atoms with van der Waals surface area (Å²) < 4.78 is 83.4. The topological polar surface area (TPSA) is 183 Å². The standard InChI is InChI=1S/C36H39ClF3N7O7S/c1-42-10-12-53-14-15-54-13-11-44-55(51,52)27-18-24(38)17-26(19-27)46(35(50)30-6-7-32(48)47(30)31-16-23(22-41)8-9-43-31)33(28-4-2-3-5-29(28)37)34(49)45-25-20-36(39,40)21-25/h2-5,8-9,16-19,25,30,33,42,44H,6-7,10-15,20-21H2,1H3,(H,45,49)/t30?,33-/m0/s1. The number of benzene rings is 2. The van der Waals surface area contributed by atoms with Crippen LogP contribution in [0.4, 0.5) is 24.7 Å². The smallest absolute Gasteiger partial charge is 0.252 e. The summed E-state index contributed by atoms with van der Waals surface area (Å²) in [7, 11) is -2.69. The van der Waals surface area contributed by atoms with Crippen LogP contribution in [0.3, 0.4) is 0 Å². The van der Waals surface area contributed by atoms with Gasteiger partial charge in [0.05, 0.1) is 43.0 Å². The molecule has 1 aromatic heterocycles. The SMILES string of the molecule is CNCCOCCOCCNS(=O)(=O)c1cc(F)cc(N(C(=O)C2CCC(=O)N2c2cc(C#N)ccn2)[C@H](C(=O)NC2CC(F)(F)C2)c2ccccc2Cl)c1. The molecule has 0 spiro atoms. The van der Waals surface area contributed by atoms with E-state index in [1.165, 1.54) is 36.5 Å². The molecular weight excluding hydrogens is 767 g/mol. The lowest BCUT2D eigenvalue weighted by Crippen LogP contribution is -2.56. The van der Waals surface area contributed by atoms with Crippen molar-refractivity contribution in [3.05, 3.63) is 82.8 Å². The van der Waals surface area contributed by atoms with E-state index in [0.29, 0.717) is 19.2 Å². The fraction of sp³-hybridized carbons (Fsp3) is 0.417. The van der Waals surface area contributed by atoms with Gasteiger partial charge in [-0.15, -0.1) is 0 Å². The fourth-order valence-corrected chi connectivity index (χ4v) is 7.50. The molecule has 2 fully saturated rings. The maximum absolute atomic E-state index is 15.6. The minimum atomic E-state index is -4.47. The van der Waals surface area contributed by atoms with E-state index in [0.717, 1.165) is 21.9 Å². The Morgan fingerprint density at radius 1 is 1.09 bits per heavy atom. The Morgan fingerprint density at radius 3 is 2.47 bits per heavy atom. The van der Waals surface area contributed by atoms with Gasteiger partial charge in [-0.05, 0) is 49.9 Å². The Kier molecular flexibility index (Phi) is 13.8. The van der Waals surface area contributed by atoms with E-state index in [-0.39, 0.29) is 61.2 Å². The van der Waals surface area contributed by atoms with E-state index >= 15 is 4.39 Å². The first-order valence-corrected chi connectivity index (χ1v) is 19.1. The first kappa shape index (κ1) is 41.5. The molecule has 5 rings (SSSR count). The number of halogens is 4. The quantitative estimate of drug-likeness (QED) is 0.161. The number of rotatable bonds is 18. The van der Waals surface area contributed by atoms with Crippen molar-refractivity contribution in [2.24, 2.45) is 0 Å². The van der Waals surface area contributed by atoms with Crippen molar-refractivity contribution in [2.45, 2.75) is 54.6 Å². The maximum atomic E-state index is 15.6. The van der Waals surface area contributed by atoms with Crippen molar-refractivity contribution in [1.29, 1.82) is 5.26 Å². The van der Waals surface area contributed by atoms with Crippen LogP contribution in [0.15, 0.2) is 65.7 Å². The average molecular weight is 806 g/mol. The van der Waals surface area contributed by atoms with Crippen LogP contribution in [-0.2, 0) is 33.9 Å². The molecule has 2 atom stereocenters. The van der Waals surface area contributed by atoms with Crippen LogP contribution in [0.25, 0.3) is 0 Å². The van der Waals surface area contributed by atoms with Gasteiger partial charge in [0.25, 0.3) is 11.8 Å². The summed E-state index contributed by atoms with van der Waals surface area (Å²) in [6.07, 6.45) is -0.335. The van der Waals surface area contributed by atoms with Crippen LogP contribution >= 0.6 is 11.6 Å². The van der Waals surface area contributed by atoms with Crippen molar-refractivity contribution in [3.63, 3.8) is 0 Å². The molecule has 55 heavy (non-hydrogen) atoms. The monoisotopic (exact) mass is 805 g/mol. The summed E-state index contributed by atoms with van der Waals surface area (Å²) in [5.41, 5.74) is -0.285. The normalized spacial score (nSPS) is 17.3. The maximum Gasteiger partial charge on any atom is 0.252 e. The van der Waals surface area contributed by atoms with E-state index in [4.69, 9.17) is 21.1 Å².